The number of Topliss-reactive ketones (excluding diaryl/α,β-unsaturated/α-hetero) is 1. The number of ketones is 1. The number of aromatic nitrogens is 1. The summed E-state index contributed by atoms with van der Waals surface area (Å²) in [6.45, 7) is 1.30. The summed E-state index contributed by atoms with van der Waals surface area (Å²) in [7, 11) is 0. The highest BCUT2D eigenvalue weighted by Crippen LogP contribution is 2.18. The van der Waals surface area contributed by atoms with Crippen LogP contribution in [0.15, 0.2) is 12.3 Å². The van der Waals surface area contributed by atoms with E-state index in [1.54, 1.807) is 0 Å². The molecular formula is C8H8ClN3O2. The molecule has 0 bridgehead atoms. The predicted molar refractivity (Wildman–Crippen MR) is 50.9 cm³/mol. The van der Waals surface area contributed by atoms with Crippen molar-refractivity contribution in [1.82, 2.24) is 10.4 Å². The van der Waals surface area contributed by atoms with E-state index in [9.17, 15) is 9.59 Å². The van der Waals surface area contributed by atoms with Gasteiger partial charge in [-0.25, -0.2) is 5.84 Å². The molecule has 0 spiro atoms. The minimum atomic E-state index is -0.641. The van der Waals surface area contributed by atoms with Gasteiger partial charge in [-0.15, -0.1) is 0 Å². The first-order valence-corrected chi connectivity index (χ1v) is 4.12. The van der Waals surface area contributed by atoms with E-state index in [2.05, 4.69) is 4.98 Å². The fourth-order valence-corrected chi connectivity index (χ4v) is 1.29. The zero-order chi connectivity index (χ0) is 10.7. The Morgan fingerprint density at radius 3 is 2.71 bits per heavy atom. The van der Waals surface area contributed by atoms with Crippen LogP contribution in [0.3, 0.4) is 0 Å². The fraction of sp³-hybridized carbons (Fsp3) is 0.125. The Labute approximate surface area is 85.2 Å². The first-order chi connectivity index (χ1) is 6.57. The number of amides is 1. The molecule has 0 saturated heterocycles. The van der Waals surface area contributed by atoms with Crippen LogP contribution in [0.5, 0.6) is 0 Å². The molecule has 0 radical (unpaired) electrons. The van der Waals surface area contributed by atoms with E-state index < -0.39 is 5.91 Å². The number of hydrogen-bond acceptors (Lipinski definition) is 4. The summed E-state index contributed by atoms with van der Waals surface area (Å²) in [5, 5.41) is 0.186. The number of carbonyl (C=O) groups excluding carboxylic acids is 2. The molecule has 0 fully saturated rings. The molecule has 74 valence electrons. The summed E-state index contributed by atoms with van der Waals surface area (Å²) in [6.07, 6.45) is 1.33. The van der Waals surface area contributed by atoms with E-state index in [0.717, 1.165) is 0 Å². The Morgan fingerprint density at radius 1 is 1.57 bits per heavy atom. The molecule has 0 atom stereocenters. The maximum atomic E-state index is 11.2. The van der Waals surface area contributed by atoms with Crippen molar-refractivity contribution in [2.24, 2.45) is 5.84 Å². The van der Waals surface area contributed by atoms with Gasteiger partial charge in [0, 0.05) is 6.20 Å². The number of halogens is 1. The quantitative estimate of drug-likeness (QED) is 0.325. The Bertz CT molecular complexity index is 392. The molecule has 5 nitrogen and oxygen atoms in total. The van der Waals surface area contributed by atoms with Crippen LogP contribution in [-0.2, 0) is 0 Å². The van der Waals surface area contributed by atoms with Gasteiger partial charge in [0.25, 0.3) is 5.91 Å². The number of nitrogens with zero attached hydrogens (tertiary/aromatic N) is 1. The van der Waals surface area contributed by atoms with Gasteiger partial charge < -0.3 is 0 Å². The van der Waals surface area contributed by atoms with Crippen LogP contribution < -0.4 is 11.3 Å². The van der Waals surface area contributed by atoms with Crippen LogP contribution in [0.25, 0.3) is 0 Å². The van der Waals surface area contributed by atoms with Crippen LogP contribution in [0, 0.1) is 0 Å². The molecule has 0 unspecified atom stereocenters. The van der Waals surface area contributed by atoms with Gasteiger partial charge in [-0.1, -0.05) is 11.6 Å². The minimum absolute atomic E-state index is 0.0625. The standard InChI is InChI=1S/C8H8ClN3O2/c1-4(13)6-5(9)2-3-11-7(6)8(14)12-10/h2-3H,10H2,1H3,(H,12,14). The van der Waals surface area contributed by atoms with Crippen molar-refractivity contribution in [3.63, 3.8) is 0 Å². The number of nitrogen functional groups attached to an aromatic ring is 1. The molecule has 0 aliphatic carbocycles. The lowest BCUT2D eigenvalue weighted by Gasteiger charge is -2.05. The monoisotopic (exact) mass is 213 g/mol. The SMILES string of the molecule is CC(=O)c1c(Cl)ccnc1C(=O)NN. The van der Waals surface area contributed by atoms with E-state index in [4.69, 9.17) is 17.4 Å². The Hall–Kier alpha value is -1.46. The summed E-state index contributed by atoms with van der Waals surface area (Å²) in [5.41, 5.74) is 1.91. The van der Waals surface area contributed by atoms with Gasteiger partial charge in [0.2, 0.25) is 0 Å². The fourth-order valence-electron chi connectivity index (χ4n) is 1.01. The highest BCUT2D eigenvalue weighted by atomic mass is 35.5. The van der Waals surface area contributed by atoms with Gasteiger partial charge >= 0.3 is 0 Å². The molecule has 0 aliphatic rings. The third kappa shape index (κ3) is 1.89. The lowest BCUT2D eigenvalue weighted by atomic mass is 10.1. The number of hydrogen-bond donors (Lipinski definition) is 2. The molecule has 0 aliphatic heterocycles. The molecule has 3 N–H and O–H groups in total. The lowest BCUT2D eigenvalue weighted by molar-refractivity contribution is 0.0933. The zero-order valence-electron chi connectivity index (χ0n) is 7.37. The Balaban J connectivity index is 3.35. The van der Waals surface area contributed by atoms with Crippen molar-refractivity contribution in [1.29, 1.82) is 0 Å². The van der Waals surface area contributed by atoms with Crippen molar-refractivity contribution in [2.75, 3.05) is 0 Å². The summed E-state index contributed by atoms with van der Waals surface area (Å²) >= 11 is 5.74. The van der Waals surface area contributed by atoms with Crippen LogP contribution in [0.4, 0.5) is 0 Å². The molecule has 1 aromatic rings. The van der Waals surface area contributed by atoms with Crippen molar-refractivity contribution < 1.29 is 9.59 Å². The van der Waals surface area contributed by atoms with Gasteiger partial charge in [-0.2, -0.15) is 0 Å². The lowest BCUT2D eigenvalue weighted by Crippen LogP contribution is -2.32. The van der Waals surface area contributed by atoms with Crippen molar-refractivity contribution in [2.45, 2.75) is 6.92 Å². The summed E-state index contributed by atoms with van der Waals surface area (Å²) in [6, 6.07) is 1.44. The number of nitrogens with two attached hydrogens (primary N) is 1. The highest BCUT2D eigenvalue weighted by molar-refractivity contribution is 6.34. The molecule has 1 rings (SSSR count). The first-order valence-electron chi connectivity index (χ1n) is 3.74. The van der Waals surface area contributed by atoms with E-state index in [1.165, 1.54) is 19.2 Å². The maximum Gasteiger partial charge on any atom is 0.284 e. The molecular weight excluding hydrogens is 206 g/mol. The highest BCUT2D eigenvalue weighted by Gasteiger charge is 2.17. The predicted octanol–water partition coefficient (Wildman–Crippen LogP) is 0.541. The number of pyridine rings is 1. The first kappa shape index (κ1) is 10.6. The third-order valence-electron chi connectivity index (χ3n) is 1.60. The van der Waals surface area contributed by atoms with Gasteiger partial charge in [0.15, 0.2) is 5.78 Å². The normalized spacial score (nSPS) is 9.64. The average molecular weight is 214 g/mol. The van der Waals surface area contributed by atoms with Crippen LogP contribution in [0.1, 0.15) is 27.8 Å². The van der Waals surface area contributed by atoms with E-state index in [0.29, 0.717) is 0 Å². The second-order valence-electron chi connectivity index (χ2n) is 2.55. The van der Waals surface area contributed by atoms with E-state index >= 15 is 0 Å². The summed E-state index contributed by atoms with van der Waals surface area (Å²) in [4.78, 5) is 26.1. The van der Waals surface area contributed by atoms with Gasteiger partial charge in [0.1, 0.15) is 5.69 Å². The minimum Gasteiger partial charge on any atom is -0.294 e. The van der Waals surface area contributed by atoms with Crippen LogP contribution >= 0.6 is 11.6 Å². The van der Waals surface area contributed by atoms with Crippen LogP contribution in [0.2, 0.25) is 5.02 Å². The Kier molecular flexibility index (Phi) is 3.16. The van der Waals surface area contributed by atoms with Crippen LogP contribution in [-0.4, -0.2) is 16.7 Å². The van der Waals surface area contributed by atoms with Gasteiger partial charge in [0.05, 0.1) is 10.6 Å². The molecule has 1 aromatic heterocycles. The number of carbonyl (C=O) groups is 2. The summed E-state index contributed by atoms with van der Waals surface area (Å²) in [5.74, 6) is 3.96. The number of rotatable bonds is 2. The topological polar surface area (TPSA) is 85.1 Å². The smallest absolute Gasteiger partial charge is 0.284 e. The Morgan fingerprint density at radius 2 is 2.21 bits per heavy atom. The van der Waals surface area contributed by atoms with Crippen molar-refractivity contribution in [3.8, 4) is 0 Å². The second-order valence-corrected chi connectivity index (χ2v) is 2.95. The zero-order valence-corrected chi connectivity index (χ0v) is 8.13. The van der Waals surface area contributed by atoms with Crippen molar-refractivity contribution in [3.05, 3.63) is 28.5 Å². The molecule has 1 amide bonds. The number of hydrazine groups is 1. The van der Waals surface area contributed by atoms with Crippen molar-refractivity contribution >= 4 is 23.3 Å². The summed E-state index contributed by atoms with van der Waals surface area (Å²) < 4.78 is 0. The van der Waals surface area contributed by atoms with Gasteiger partial charge in [-0.3, -0.25) is 20.0 Å². The maximum absolute atomic E-state index is 11.2. The number of nitrogens with one attached hydrogen (secondary N) is 1. The molecule has 0 aromatic carbocycles. The molecule has 1 heterocycles. The largest absolute Gasteiger partial charge is 0.294 e. The third-order valence-corrected chi connectivity index (χ3v) is 1.91. The van der Waals surface area contributed by atoms with E-state index in [-0.39, 0.29) is 22.1 Å². The second kappa shape index (κ2) is 4.17. The molecule has 6 heteroatoms. The molecule has 14 heavy (non-hydrogen) atoms. The van der Waals surface area contributed by atoms with Gasteiger partial charge in [-0.05, 0) is 13.0 Å². The average Bonchev–Trinajstić information content (AvgIpc) is 2.15. The van der Waals surface area contributed by atoms with E-state index in [1.807, 2.05) is 5.43 Å². The molecule has 0 saturated carbocycles.